The molecule has 178 valence electrons. The number of hydrogen-bond donors (Lipinski definition) is 2. The Morgan fingerprint density at radius 2 is 1.91 bits per heavy atom. The van der Waals surface area contributed by atoms with Gasteiger partial charge < -0.3 is 15.4 Å². The molecule has 0 fully saturated rings. The maximum absolute atomic E-state index is 12.8. The number of carbonyl (C=O) groups excluding carboxylic acids is 1. The quantitative estimate of drug-likeness (QED) is 0.374. The summed E-state index contributed by atoms with van der Waals surface area (Å²) < 4.78 is 7.14. The number of hydrogen-bond acceptors (Lipinski definition) is 6. The number of pyridine rings is 1. The van der Waals surface area contributed by atoms with Gasteiger partial charge in [-0.05, 0) is 67.1 Å². The van der Waals surface area contributed by atoms with E-state index >= 15 is 0 Å². The van der Waals surface area contributed by atoms with Crippen LogP contribution in [0.2, 0.25) is 5.02 Å². The summed E-state index contributed by atoms with van der Waals surface area (Å²) in [5.74, 6) is 0.614. The first-order valence-electron chi connectivity index (χ1n) is 11.0. The lowest BCUT2D eigenvalue weighted by molar-refractivity contribution is 0.0954. The van der Waals surface area contributed by atoms with Crippen LogP contribution >= 0.6 is 11.6 Å². The van der Waals surface area contributed by atoms with Gasteiger partial charge in [0.25, 0.3) is 11.5 Å². The number of rotatable bonds is 8. The zero-order valence-electron chi connectivity index (χ0n) is 19.3. The molecule has 0 saturated heterocycles. The van der Waals surface area contributed by atoms with Crippen molar-refractivity contribution in [3.05, 3.63) is 105 Å². The molecule has 2 N–H and O–H groups in total. The molecule has 0 aliphatic heterocycles. The van der Waals surface area contributed by atoms with Crippen LogP contribution in [0.15, 0.2) is 77.9 Å². The van der Waals surface area contributed by atoms with Crippen molar-refractivity contribution < 1.29 is 9.53 Å². The van der Waals surface area contributed by atoms with E-state index in [4.69, 9.17) is 16.3 Å². The minimum atomic E-state index is -0.357. The minimum Gasteiger partial charge on any atom is -0.453 e. The van der Waals surface area contributed by atoms with Gasteiger partial charge in [-0.15, -0.1) is 0 Å². The second kappa shape index (κ2) is 10.8. The average molecular weight is 490 g/mol. The number of carbonyl (C=O) groups is 1. The highest BCUT2D eigenvalue weighted by molar-refractivity contribution is 6.31. The summed E-state index contributed by atoms with van der Waals surface area (Å²) in [4.78, 5) is 29.5. The van der Waals surface area contributed by atoms with Crippen LogP contribution in [0, 0.1) is 6.92 Å². The van der Waals surface area contributed by atoms with Crippen molar-refractivity contribution >= 4 is 28.9 Å². The third kappa shape index (κ3) is 6.04. The molecule has 35 heavy (non-hydrogen) atoms. The second-order valence-corrected chi connectivity index (χ2v) is 8.26. The average Bonchev–Trinajstić information content (AvgIpc) is 2.87. The number of nitrogens with zero attached hydrogens (tertiary/aromatic N) is 3. The Morgan fingerprint density at radius 3 is 2.63 bits per heavy atom. The molecular formula is C26H24ClN5O3. The van der Waals surface area contributed by atoms with Gasteiger partial charge in [0.1, 0.15) is 5.75 Å². The maximum atomic E-state index is 12.8. The van der Waals surface area contributed by atoms with Gasteiger partial charge in [0.15, 0.2) is 11.4 Å². The van der Waals surface area contributed by atoms with Crippen molar-refractivity contribution in [2.45, 2.75) is 13.3 Å². The number of ether oxygens (including phenoxy) is 1. The number of aromatic nitrogens is 3. The summed E-state index contributed by atoms with van der Waals surface area (Å²) in [5, 5.41) is 10.7. The molecule has 0 aliphatic rings. The van der Waals surface area contributed by atoms with Gasteiger partial charge in [-0.3, -0.25) is 14.6 Å². The van der Waals surface area contributed by atoms with E-state index in [0.29, 0.717) is 35.0 Å². The van der Waals surface area contributed by atoms with E-state index in [1.165, 1.54) is 10.9 Å². The molecule has 0 radical (unpaired) electrons. The summed E-state index contributed by atoms with van der Waals surface area (Å²) in [6.07, 6.45) is 3.84. The lowest BCUT2D eigenvalue weighted by Crippen LogP contribution is -2.25. The Morgan fingerprint density at radius 1 is 1.11 bits per heavy atom. The molecule has 4 aromatic rings. The Balaban J connectivity index is 1.45. The first-order chi connectivity index (χ1) is 16.9. The number of benzene rings is 2. The fourth-order valence-corrected chi connectivity index (χ4v) is 3.44. The number of halogens is 1. The van der Waals surface area contributed by atoms with E-state index in [-0.39, 0.29) is 22.9 Å². The van der Waals surface area contributed by atoms with Crippen LogP contribution in [0.1, 0.15) is 21.6 Å². The topological polar surface area (TPSA) is 98.1 Å². The van der Waals surface area contributed by atoms with Crippen molar-refractivity contribution in [1.82, 2.24) is 20.1 Å². The number of nitrogens with one attached hydrogen (secondary N) is 2. The number of aryl methyl sites for hydroxylation is 2. The van der Waals surface area contributed by atoms with Gasteiger partial charge in [0, 0.05) is 48.2 Å². The van der Waals surface area contributed by atoms with Gasteiger partial charge in [0.05, 0.1) is 6.20 Å². The van der Waals surface area contributed by atoms with Crippen LogP contribution in [-0.2, 0) is 13.5 Å². The van der Waals surface area contributed by atoms with Gasteiger partial charge in [-0.2, -0.15) is 5.10 Å². The van der Waals surface area contributed by atoms with Crippen LogP contribution in [-0.4, -0.2) is 27.2 Å². The molecule has 1 amide bonds. The molecule has 0 saturated carbocycles. The van der Waals surface area contributed by atoms with Crippen molar-refractivity contribution in [3.8, 4) is 11.5 Å². The van der Waals surface area contributed by atoms with E-state index in [1.807, 2.05) is 25.1 Å². The van der Waals surface area contributed by atoms with Crippen molar-refractivity contribution in [3.63, 3.8) is 0 Å². The highest BCUT2D eigenvalue weighted by Crippen LogP contribution is 2.30. The zero-order valence-corrected chi connectivity index (χ0v) is 20.0. The summed E-state index contributed by atoms with van der Waals surface area (Å²) >= 11 is 6.09. The van der Waals surface area contributed by atoms with Crippen molar-refractivity contribution in [2.75, 3.05) is 11.9 Å². The fraction of sp³-hybridized carbons (Fsp3) is 0.154. The second-order valence-electron chi connectivity index (χ2n) is 7.85. The zero-order chi connectivity index (χ0) is 24.8. The lowest BCUT2D eigenvalue weighted by atomic mass is 10.2. The van der Waals surface area contributed by atoms with E-state index in [2.05, 4.69) is 20.7 Å². The SMILES string of the molecule is Cc1cc(Oc2cnn(C)c(=O)c2Nc2ccc(C(=O)NCCc3ccccn3)cc2)ccc1Cl. The van der Waals surface area contributed by atoms with Crippen LogP contribution < -0.4 is 20.9 Å². The van der Waals surface area contributed by atoms with E-state index in [0.717, 1.165) is 11.3 Å². The molecule has 2 aromatic carbocycles. The number of amides is 1. The lowest BCUT2D eigenvalue weighted by Gasteiger charge is -2.14. The molecule has 4 rings (SSSR count). The highest BCUT2D eigenvalue weighted by Gasteiger charge is 2.14. The van der Waals surface area contributed by atoms with Crippen molar-refractivity contribution in [2.24, 2.45) is 7.05 Å². The smallest absolute Gasteiger partial charge is 0.294 e. The van der Waals surface area contributed by atoms with Crippen LogP contribution in [0.4, 0.5) is 11.4 Å². The molecule has 2 heterocycles. The third-order valence-corrected chi connectivity index (χ3v) is 5.69. The molecule has 2 aromatic heterocycles. The minimum absolute atomic E-state index is 0.186. The molecule has 0 atom stereocenters. The highest BCUT2D eigenvalue weighted by atomic mass is 35.5. The summed E-state index contributed by atoms with van der Waals surface area (Å²) in [5.41, 5.74) is 2.76. The third-order valence-electron chi connectivity index (χ3n) is 5.27. The largest absolute Gasteiger partial charge is 0.453 e. The molecule has 0 aliphatic carbocycles. The predicted molar refractivity (Wildman–Crippen MR) is 136 cm³/mol. The first kappa shape index (κ1) is 24.0. The van der Waals surface area contributed by atoms with E-state index < -0.39 is 0 Å². The molecule has 0 bridgehead atoms. The Labute approximate surface area is 207 Å². The van der Waals surface area contributed by atoms with E-state index in [9.17, 15) is 9.59 Å². The van der Waals surface area contributed by atoms with Crippen LogP contribution in [0.5, 0.6) is 11.5 Å². The molecule has 9 heteroatoms. The van der Waals surface area contributed by atoms with Gasteiger partial charge in [-0.25, -0.2) is 4.68 Å². The van der Waals surface area contributed by atoms with Crippen molar-refractivity contribution in [1.29, 1.82) is 0 Å². The van der Waals surface area contributed by atoms with Gasteiger partial charge in [0.2, 0.25) is 0 Å². The summed E-state index contributed by atoms with van der Waals surface area (Å²) in [6, 6.07) is 17.7. The fourth-order valence-electron chi connectivity index (χ4n) is 3.32. The van der Waals surface area contributed by atoms with E-state index in [1.54, 1.807) is 55.7 Å². The van der Waals surface area contributed by atoms with Crippen LogP contribution in [0.3, 0.4) is 0 Å². The molecule has 8 nitrogen and oxygen atoms in total. The standard InChI is InChI=1S/C26H24ClN5O3/c1-17-15-21(10-11-22(17)27)35-23-16-30-32(2)26(34)24(23)31-20-8-6-18(7-9-20)25(33)29-14-12-19-5-3-4-13-28-19/h3-11,13,15-16,31H,12,14H2,1-2H3,(H,29,33). The Kier molecular flexibility index (Phi) is 7.42. The maximum Gasteiger partial charge on any atom is 0.294 e. The normalized spacial score (nSPS) is 10.6. The summed E-state index contributed by atoms with van der Waals surface area (Å²) in [6.45, 7) is 2.35. The Bertz CT molecular complexity index is 1390. The first-order valence-corrected chi connectivity index (χ1v) is 11.3. The van der Waals surface area contributed by atoms with Gasteiger partial charge >= 0.3 is 0 Å². The van der Waals surface area contributed by atoms with Gasteiger partial charge in [-0.1, -0.05) is 17.7 Å². The molecule has 0 spiro atoms. The Hall–Kier alpha value is -4.17. The molecular weight excluding hydrogens is 466 g/mol. The number of anilines is 2. The summed E-state index contributed by atoms with van der Waals surface area (Å²) in [7, 11) is 1.56. The molecule has 0 unspecified atom stereocenters. The monoisotopic (exact) mass is 489 g/mol. The predicted octanol–water partition coefficient (Wildman–Crippen LogP) is 4.65. The van der Waals surface area contributed by atoms with Crippen LogP contribution in [0.25, 0.3) is 0 Å².